The van der Waals surface area contributed by atoms with E-state index in [0.29, 0.717) is 18.5 Å². The minimum Gasteiger partial charge on any atom is -0.348 e. The molecule has 0 saturated carbocycles. The second-order valence-electron chi connectivity index (χ2n) is 6.07. The van der Waals surface area contributed by atoms with E-state index in [4.69, 9.17) is 0 Å². The Balaban J connectivity index is 1.62. The zero-order valence-electron chi connectivity index (χ0n) is 15.1. The van der Waals surface area contributed by atoms with Crippen LogP contribution < -0.4 is 10.6 Å². The van der Waals surface area contributed by atoms with Crippen LogP contribution in [0.15, 0.2) is 61.2 Å². The Labute approximate surface area is 157 Å². The van der Waals surface area contributed by atoms with Gasteiger partial charge in [0.1, 0.15) is 12.7 Å². The van der Waals surface area contributed by atoms with E-state index in [9.17, 15) is 9.59 Å². The molecular weight excluding hydrogens is 342 g/mol. The molecule has 0 unspecified atom stereocenters. The standard InChI is InChI=1S/C20H21N5O2/c1-2-5-19(26)24-17-8-3-6-15(10-17)12-22-20(27)16-7-4-9-18(11-16)25-14-21-13-23-25/h3-4,6-11,13-14H,2,5,12H2,1H3,(H,22,27)(H,24,26). The average Bonchev–Trinajstić information content (AvgIpc) is 3.21. The topological polar surface area (TPSA) is 88.9 Å². The molecule has 0 spiro atoms. The van der Waals surface area contributed by atoms with Crippen LogP contribution in [0.25, 0.3) is 5.69 Å². The molecular formula is C20H21N5O2. The van der Waals surface area contributed by atoms with E-state index in [1.165, 1.54) is 6.33 Å². The van der Waals surface area contributed by atoms with Gasteiger partial charge in [0.05, 0.1) is 5.69 Å². The van der Waals surface area contributed by atoms with Gasteiger partial charge in [-0.1, -0.05) is 25.1 Å². The average molecular weight is 363 g/mol. The van der Waals surface area contributed by atoms with Crippen LogP contribution in [-0.4, -0.2) is 26.6 Å². The zero-order chi connectivity index (χ0) is 19.1. The fraction of sp³-hybridized carbons (Fsp3) is 0.200. The summed E-state index contributed by atoms with van der Waals surface area (Å²) in [4.78, 5) is 28.1. The summed E-state index contributed by atoms with van der Waals surface area (Å²) >= 11 is 0. The molecule has 0 atom stereocenters. The molecule has 0 radical (unpaired) electrons. The van der Waals surface area contributed by atoms with Crippen molar-refractivity contribution in [3.8, 4) is 5.69 Å². The van der Waals surface area contributed by atoms with E-state index in [1.807, 2.05) is 37.3 Å². The molecule has 2 N–H and O–H groups in total. The fourth-order valence-corrected chi connectivity index (χ4v) is 2.63. The molecule has 0 fully saturated rings. The minimum atomic E-state index is -0.183. The van der Waals surface area contributed by atoms with Gasteiger partial charge in [0.15, 0.2) is 0 Å². The monoisotopic (exact) mass is 363 g/mol. The number of carbonyl (C=O) groups excluding carboxylic acids is 2. The molecule has 2 aromatic carbocycles. The molecule has 1 aromatic heterocycles. The van der Waals surface area contributed by atoms with Crippen LogP contribution in [-0.2, 0) is 11.3 Å². The highest BCUT2D eigenvalue weighted by atomic mass is 16.2. The molecule has 0 aliphatic heterocycles. The number of hydrogen-bond donors (Lipinski definition) is 2. The third-order valence-electron chi connectivity index (χ3n) is 3.93. The Morgan fingerprint density at radius 1 is 1.11 bits per heavy atom. The van der Waals surface area contributed by atoms with Crippen molar-refractivity contribution in [3.05, 3.63) is 72.3 Å². The maximum atomic E-state index is 12.5. The van der Waals surface area contributed by atoms with Crippen molar-refractivity contribution >= 4 is 17.5 Å². The second kappa shape index (κ2) is 8.75. The maximum Gasteiger partial charge on any atom is 0.251 e. The maximum absolute atomic E-state index is 12.5. The molecule has 2 amide bonds. The van der Waals surface area contributed by atoms with E-state index in [-0.39, 0.29) is 11.8 Å². The lowest BCUT2D eigenvalue weighted by Crippen LogP contribution is -2.23. The van der Waals surface area contributed by atoms with Crippen molar-refractivity contribution in [1.29, 1.82) is 0 Å². The van der Waals surface area contributed by atoms with Gasteiger partial charge in [0.25, 0.3) is 5.91 Å². The summed E-state index contributed by atoms with van der Waals surface area (Å²) in [7, 11) is 0. The van der Waals surface area contributed by atoms with Crippen LogP contribution in [0.5, 0.6) is 0 Å². The first kappa shape index (κ1) is 18.3. The molecule has 7 heteroatoms. The van der Waals surface area contributed by atoms with Crippen molar-refractivity contribution < 1.29 is 9.59 Å². The summed E-state index contributed by atoms with van der Waals surface area (Å²) in [6, 6.07) is 14.6. The zero-order valence-corrected chi connectivity index (χ0v) is 15.1. The Kier molecular flexibility index (Phi) is 5.94. The fourth-order valence-electron chi connectivity index (χ4n) is 2.63. The molecule has 0 bridgehead atoms. The molecule has 3 rings (SSSR count). The van der Waals surface area contributed by atoms with Crippen molar-refractivity contribution in [1.82, 2.24) is 20.1 Å². The van der Waals surface area contributed by atoms with Crippen molar-refractivity contribution in [2.75, 3.05) is 5.32 Å². The normalized spacial score (nSPS) is 10.4. The summed E-state index contributed by atoms with van der Waals surface area (Å²) < 4.78 is 1.60. The van der Waals surface area contributed by atoms with Crippen LogP contribution >= 0.6 is 0 Å². The number of aromatic nitrogens is 3. The molecule has 138 valence electrons. The number of benzene rings is 2. The number of nitrogens with one attached hydrogen (secondary N) is 2. The van der Waals surface area contributed by atoms with E-state index in [1.54, 1.807) is 29.2 Å². The van der Waals surface area contributed by atoms with Gasteiger partial charge >= 0.3 is 0 Å². The third kappa shape index (κ3) is 5.01. The predicted octanol–water partition coefficient (Wildman–Crippen LogP) is 2.94. The van der Waals surface area contributed by atoms with Crippen LogP contribution in [0.3, 0.4) is 0 Å². The Morgan fingerprint density at radius 2 is 1.96 bits per heavy atom. The Hall–Kier alpha value is -3.48. The van der Waals surface area contributed by atoms with Crippen molar-refractivity contribution in [2.24, 2.45) is 0 Å². The lowest BCUT2D eigenvalue weighted by molar-refractivity contribution is -0.116. The molecule has 0 saturated heterocycles. The molecule has 3 aromatic rings. The minimum absolute atomic E-state index is 0.0105. The van der Waals surface area contributed by atoms with E-state index in [0.717, 1.165) is 23.4 Å². The van der Waals surface area contributed by atoms with E-state index >= 15 is 0 Å². The number of carbonyl (C=O) groups is 2. The van der Waals surface area contributed by atoms with E-state index in [2.05, 4.69) is 20.7 Å². The van der Waals surface area contributed by atoms with Crippen LogP contribution in [0.2, 0.25) is 0 Å². The first-order chi connectivity index (χ1) is 13.2. The Morgan fingerprint density at radius 3 is 2.74 bits per heavy atom. The molecule has 1 heterocycles. The highest BCUT2D eigenvalue weighted by molar-refractivity contribution is 5.94. The van der Waals surface area contributed by atoms with Gasteiger partial charge in [-0.2, -0.15) is 5.10 Å². The molecule has 0 aliphatic carbocycles. The summed E-state index contributed by atoms with van der Waals surface area (Å²) in [5.74, 6) is -0.194. The summed E-state index contributed by atoms with van der Waals surface area (Å²) in [6.07, 6.45) is 4.31. The van der Waals surface area contributed by atoms with Gasteiger partial charge in [-0.3, -0.25) is 9.59 Å². The van der Waals surface area contributed by atoms with Gasteiger partial charge in [-0.05, 0) is 42.3 Å². The number of anilines is 1. The lowest BCUT2D eigenvalue weighted by Gasteiger charge is -2.09. The van der Waals surface area contributed by atoms with Gasteiger partial charge < -0.3 is 10.6 Å². The largest absolute Gasteiger partial charge is 0.348 e. The predicted molar refractivity (Wildman–Crippen MR) is 103 cm³/mol. The summed E-state index contributed by atoms with van der Waals surface area (Å²) in [6.45, 7) is 2.33. The molecule has 0 aliphatic rings. The number of amides is 2. The number of rotatable bonds is 7. The first-order valence-corrected chi connectivity index (χ1v) is 8.78. The van der Waals surface area contributed by atoms with Crippen molar-refractivity contribution in [3.63, 3.8) is 0 Å². The van der Waals surface area contributed by atoms with Crippen LogP contribution in [0.1, 0.15) is 35.7 Å². The second-order valence-corrected chi connectivity index (χ2v) is 6.07. The number of nitrogens with zero attached hydrogens (tertiary/aromatic N) is 3. The third-order valence-corrected chi connectivity index (χ3v) is 3.93. The number of hydrogen-bond acceptors (Lipinski definition) is 4. The van der Waals surface area contributed by atoms with Gasteiger partial charge in [0, 0.05) is 24.2 Å². The van der Waals surface area contributed by atoms with Crippen LogP contribution in [0, 0.1) is 0 Å². The smallest absolute Gasteiger partial charge is 0.251 e. The SMILES string of the molecule is CCCC(=O)Nc1cccc(CNC(=O)c2cccc(-n3cncn3)c2)c1. The first-order valence-electron chi connectivity index (χ1n) is 8.78. The summed E-state index contributed by atoms with van der Waals surface area (Å²) in [5, 5.41) is 9.82. The highest BCUT2D eigenvalue weighted by Gasteiger charge is 2.08. The summed E-state index contributed by atoms with van der Waals surface area (Å²) in [5.41, 5.74) is 2.94. The quantitative estimate of drug-likeness (QED) is 0.675. The molecule has 27 heavy (non-hydrogen) atoms. The Bertz CT molecular complexity index is 922. The van der Waals surface area contributed by atoms with Gasteiger partial charge in [-0.15, -0.1) is 0 Å². The van der Waals surface area contributed by atoms with Crippen LogP contribution in [0.4, 0.5) is 5.69 Å². The van der Waals surface area contributed by atoms with Gasteiger partial charge in [0.2, 0.25) is 5.91 Å². The highest BCUT2D eigenvalue weighted by Crippen LogP contribution is 2.12. The van der Waals surface area contributed by atoms with Crippen molar-refractivity contribution in [2.45, 2.75) is 26.3 Å². The van der Waals surface area contributed by atoms with Gasteiger partial charge in [-0.25, -0.2) is 9.67 Å². The lowest BCUT2D eigenvalue weighted by atomic mass is 10.1. The van der Waals surface area contributed by atoms with E-state index < -0.39 is 0 Å². The molecule has 7 nitrogen and oxygen atoms in total.